The SMILES string of the molecule is CC[NH+](C)C.O=C([O-])C(=O)O. The Balaban J connectivity index is 0. The van der Waals surface area contributed by atoms with Crippen LogP contribution in [0.4, 0.5) is 0 Å². The topological polar surface area (TPSA) is 81.9 Å². The van der Waals surface area contributed by atoms with Crippen molar-refractivity contribution in [3.63, 3.8) is 0 Å². The van der Waals surface area contributed by atoms with Gasteiger partial charge in [-0.1, -0.05) is 0 Å². The molecule has 0 spiro atoms. The van der Waals surface area contributed by atoms with Crippen LogP contribution in [0.1, 0.15) is 6.92 Å². The van der Waals surface area contributed by atoms with Crippen LogP contribution in [0.15, 0.2) is 0 Å². The summed E-state index contributed by atoms with van der Waals surface area (Å²) >= 11 is 0. The zero-order valence-electron chi connectivity index (χ0n) is 6.88. The summed E-state index contributed by atoms with van der Waals surface area (Å²) in [4.78, 5) is 19.5. The summed E-state index contributed by atoms with van der Waals surface area (Å²) in [6.45, 7) is 3.38. The number of aliphatic carboxylic acids is 2. The molecule has 0 fully saturated rings. The van der Waals surface area contributed by atoms with E-state index in [0.717, 1.165) is 0 Å². The second kappa shape index (κ2) is 7.01. The smallest absolute Gasteiger partial charge is 0.351 e. The summed E-state index contributed by atoms with van der Waals surface area (Å²) in [7, 11) is 4.28. The quantitative estimate of drug-likeness (QED) is 0.403. The van der Waals surface area contributed by atoms with Gasteiger partial charge in [-0.25, -0.2) is 4.79 Å². The molecule has 0 aliphatic rings. The van der Waals surface area contributed by atoms with Crippen LogP contribution in [0, 0.1) is 0 Å². The van der Waals surface area contributed by atoms with Gasteiger partial charge in [-0.05, 0) is 6.92 Å². The Labute approximate surface area is 65.2 Å². The van der Waals surface area contributed by atoms with Crippen molar-refractivity contribution in [3.05, 3.63) is 0 Å². The monoisotopic (exact) mass is 163 g/mol. The number of quaternary nitrogens is 1. The molecule has 0 heterocycles. The summed E-state index contributed by atoms with van der Waals surface area (Å²) in [6.07, 6.45) is 0. The predicted octanol–water partition coefficient (Wildman–Crippen LogP) is -3.03. The second-order valence-electron chi connectivity index (χ2n) is 2.15. The summed E-state index contributed by atoms with van der Waals surface area (Å²) in [5.74, 6) is -4.01. The number of carbonyl (C=O) groups excluding carboxylic acids is 1. The van der Waals surface area contributed by atoms with E-state index in [1.54, 1.807) is 0 Å². The van der Waals surface area contributed by atoms with E-state index < -0.39 is 11.9 Å². The number of carbonyl (C=O) groups is 2. The average Bonchev–Trinajstić information content (AvgIpc) is 1.89. The van der Waals surface area contributed by atoms with Gasteiger partial charge in [0.2, 0.25) is 0 Å². The third kappa shape index (κ3) is 17.6. The van der Waals surface area contributed by atoms with Crippen LogP contribution in [-0.4, -0.2) is 37.7 Å². The fraction of sp³-hybridized carbons (Fsp3) is 0.667. The number of hydrogen-bond donors (Lipinski definition) is 2. The maximum Gasteiger partial charge on any atom is 0.351 e. The van der Waals surface area contributed by atoms with Crippen molar-refractivity contribution < 1.29 is 24.7 Å². The molecule has 0 rings (SSSR count). The van der Waals surface area contributed by atoms with E-state index in [0.29, 0.717) is 0 Å². The third-order valence-electron chi connectivity index (χ3n) is 0.882. The maximum atomic E-state index is 9.04. The van der Waals surface area contributed by atoms with Crippen LogP contribution in [-0.2, 0) is 9.59 Å². The van der Waals surface area contributed by atoms with Crippen molar-refractivity contribution in [1.82, 2.24) is 0 Å². The van der Waals surface area contributed by atoms with Crippen LogP contribution >= 0.6 is 0 Å². The molecule has 0 saturated heterocycles. The molecule has 0 aromatic carbocycles. The second-order valence-corrected chi connectivity index (χ2v) is 2.15. The Morgan fingerprint density at radius 3 is 1.64 bits per heavy atom. The van der Waals surface area contributed by atoms with Crippen LogP contribution in [0.2, 0.25) is 0 Å². The number of hydrogen-bond acceptors (Lipinski definition) is 3. The molecular formula is C6H13NO4. The molecule has 0 radical (unpaired) electrons. The number of carboxylic acids is 2. The van der Waals surface area contributed by atoms with Gasteiger partial charge < -0.3 is 19.9 Å². The first-order valence-electron chi connectivity index (χ1n) is 3.15. The summed E-state index contributed by atoms with van der Waals surface area (Å²) in [6, 6.07) is 0. The molecule has 0 unspecified atom stereocenters. The van der Waals surface area contributed by atoms with Crippen molar-refractivity contribution in [2.45, 2.75) is 6.92 Å². The van der Waals surface area contributed by atoms with Crippen LogP contribution in [0.25, 0.3) is 0 Å². The molecule has 66 valence electrons. The van der Waals surface area contributed by atoms with E-state index in [1.807, 2.05) is 0 Å². The molecule has 11 heavy (non-hydrogen) atoms. The highest BCUT2D eigenvalue weighted by atomic mass is 16.4. The minimum absolute atomic E-state index is 1.22. The fourth-order valence-electron chi connectivity index (χ4n) is 0. The molecule has 0 bridgehead atoms. The van der Waals surface area contributed by atoms with Crippen molar-refractivity contribution in [3.8, 4) is 0 Å². The molecule has 5 nitrogen and oxygen atoms in total. The molecular weight excluding hydrogens is 150 g/mol. The molecule has 0 saturated carbocycles. The molecule has 0 aromatic heterocycles. The lowest BCUT2D eigenvalue weighted by Gasteiger charge is -1.97. The Morgan fingerprint density at radius 1 is 1.45 bits per heavy atom. The van der Waals surface area contributed by atoms with Gasteiger partial charge in [-0.2, -0.15) is 0 Å². The molecule has 5 heteroatoms. The lowest BCUT2D eigenvalue weighted by atomic mass is 10.7. The van der Waals surface area contributed by atoms with Gasteiger partial charge in [0.25, 0.3) is 0 Å². The van der Waals surface area contributed by atoms with E-state index in [9.17, 15) is 0 Å². The van der Waals surface area contributed by atoms with E-state index in [4.69, 9.17) is 19.8 Å². The minimum atomic E-state index is -2.07. The highest BCUT2D eigenvalue weighted by Gasteiger charge is 1.90. The zero-order chi connectivity index (χ0) is 9.44. The molecule has 0 aliphatic carbocycles. The minimum Gasteiger partial charge on any atom is -0.539 e. The van der Waals surface area contributed by atoms with Crippen LogP contribution < -0.4 is 10.0 Å². The highest BCUT2D eigenvalue weighted by molar-refractivity contribution is 6.26. The first-order valence-corrected chi connectivity index (χ1v) is 3.15. The maximum absolute atomic E-state index is 9.04. The Morgan fingerprint density at radius 2 is 1.64 bits per heavy atom. The van der Waals surface area contributed by atoms with E-state index in [2.05, 4.69) is 21.0 Å². The van der Waals surface area contributed by atoms with Gasteiger partial charge in [-0.3, -0.25) is 0 Å². The van der Waals surface area contributed by atoms with Crippen molar-refractivity contribution >= 4 is 11.9 Å². The van der Waals surface area contributed by atoms with E-state index in [1.165, 1.54) is 11.4 Å². The van der Waals surface area contributed by atoms with Gasteiger partial charge in [-0.15, -0.1) is 0 Å². The molecule has 0 aliphatic heterocycles. The van der Waals surface area contributed by atoms with Gasteiger partial charge in [0.05, 0.1) is 20.6 Å². The first kappa shape index (κ1) is 12.6. The third-order valence-corrected chi connectivity index (χ3v) is 0.882. The van der Waals surface area contributed by atoms with Crippen LogP contribution in [0.3, 0.4) is 0 Å². The zero-order valence-corrected chi connectivity index (χ0v) is 6.88. The largest absolute Gasteiger partial charge is 0.539 e. The summed E-state index contributed by atoms with van der Waals surface area (Å²) < 4.78 is 0. The van der Waals surface area contributed by atoms with E-state index in [-0.39, 0.29) is 0 Å². The molecule has 0 amide bonds. The van der Waals surface area contributed by atoms with Gasteiger partial charge in [0, 0.05) is 0 Å². The highest BCUT2D eigenvalue weighted by Crippen LogP contribution is 1.49. The predicted molar refractivity (Wildman–Crippen MR) is 36.0 cm³/mol. The van der Waals surface area contributed by atoms with Crippen LogP contribution in [0.5, 0.6) is 0 Å². The van der Waals surface area contributed by atoms with E-state index >= 15 is 0 Å². The van der Waals surface area contributed by atoms with Gasteiger partial charge >= 0.3 is 5.97 Å². The summed E-state index contributed by atoms with van der Waals surface area (Å²) in [5.41, 5.74) is 0. The number of nitrogens with one attached hydrogen (secondary N) is 1. The summed E-state index contributed by atoms with van der Waals surface area (Å²) in [5, 5.41) is 16.3. The van der Waals surface area contributed by atoms with Gasteiger partial charge in [0.1, 0.15) is 0 Å². The van der Waals surface area contributed by atoms with Gasteiger partial charge in [0.15, 0.2) is 5.97 Å². The normalized spacial score (nSPS) is 8.36. The fourth-order valence-corrected chi connectivity index (χ4v) is 0. The molecule has 2 N–H and O–H groups in total. The number of carboxylic acid groups (broad SMARTS) is 2. The Hall–Kier alpha value is -1.10. The van der Waals surface area contributed by atoms with Crippen molar-refractivity contribution in [2.75, 3.05) is 20.6 Å². The first-order chi connectivity index (χ1) is 4.91. The Bertz CT molecular complexity index is 121. The van der Waals surface area contributed by atoms with Crippen molar-refractivity contribution in [1.29, 1.82) is 0 Å². The van der Waals surface area contributed by atoms with Crippen molar-refractivity contribution in [2.24, 2.45) is 0 Å². The molecule has 0 aromatic rings. The lowest BCUT2D eigenvalue weighted by Crippen LogP contribution is -3.05. The Kier molecular flexibility index (Phi) is 8.01. The molecule has 0 atom stereocenters. The number of rotatable bonds is 1. The standard InChI is InChI=1S/C4H11N.C2H2O4/c1-4-5(2)3;3-1(4)2(5)6/h4H2,1-3H3;(H,3,4)(H,5,6). The average molecular weight is 163 g/mol. The lowest BCUT2D eigenvalue weighted by molar-refractivity contribution is -0.856.